The summed E-state index contributed by atoms with van der Waals surface area (Å²) in [6, 6.07) is 78.4. The molecule has 4 nitrogen and oxygen atoms in total. The highest BCUT2D eigenvalue weighted by Gasteiger charge is 2.36. The number of rotatable bonds is 9. The Morgan fingerprint density at radius 2 is 0.879 bits per heavy atom. The van der Waals surface area contributed by atoms with E-state index in [1.165, 1.54) is 66.4 Å². The number of para-hydroxylation sites is 2. The van der Waals surface area contributed by atoms with Crippen molar-refractivity contribution in [1.29, 1.82) is 0 Å². The zero-order chi connectivity index (χ0) is 44.2. The summed E-state index contributed by atoms with van der Waals surface area (Å²) in [7, 11) is 0. The maximum Gasteiger partial charge on any atom is 0.164 e. The maximum atomic E-state index is 5.05. The first-order valence-electron chi connectivity index (χ1n) is 22.9. The van der Waals surface area contributed by atoms with Crippen molar-refractivity contribution >= 4 is 21.8 Å². The second kappa shape index (κ2) is 16.1. The fourth-order valence-corrected chi connectivity index (χ4v) is 10.3. The van der Waals surface area contributed by atoms with E-state index >= 15 is 0 Å². The third kappa shape index (κ3) is 6.90. The summed E-state index contributed by atoms with van der Waals surface area (Å²) < 4.78 is 0. The number of aromatic amines is 1. The number of nitrogens with one attached hydrogen (secondary N) is 1. The summed E-state index contributed by atoms with van der Waals surface area (Å²) in [5.74, 6) is 2.05. The van der Waals surface area contributed by atoms with Crippen LogP contribution in [0.15, 0.2) is 218 Å². The molecule has 12 rings (SSSR count). The predicted octanol–water partition coefficient (Wildman–Crippen LogP) is 15.5. The van der Waals surface area contributed by atoms with Crippen molar-refractivity contribution in [3.05, 3.63) is 246 Å². The maximum absolute atomic E-state index is 5.05. The topological polar surface area (TPSA) is 54.5 Å². The lowest BCUT2D eigenvalue weighted by molar-refractivity contribution is 0.657. The molecule has 0 fully saturated rings. The number of hydrogen-bond donors (Lipinski definition) is 1. The van der Waals surface area contributed by atoms with Crippen LogP contribution in [-0.4, -0.2) is 19.9 Å². The Morgan fingerprint density at radius 3 is 1.58 bits per heavy atom. The smallest absolute Gasteiger partial charge is 0.164 e. The number of hydrogen-bond acceptors (Lipinski definition) is 3. The van der Waals surface area contributed by atoms with Gasteiger partial charge in [-0.25, -0.2) is 15.0 Å². The van der Waals surface area contributed by atoms with Gasteiger partial charge in [0.05, 0.1) is 5.52 Å². The quantitative estimate of drug-likeness (QED) is 0.157. The number of fused-ring (bicyclic) bond motifs is 6. The van der Waals surface area contributed by atoms with Gasteiger partial charge in [-0.05, 0) is 68.1 Å². The SMILES string of the molecule is CC1(C)c2ccccc2-c2ccc(C(Cc3cccc4c3[nH]c3c(-c5cccc(-c6nc(-c7ccccc7)nc(-c7ccccc7)n6)c5)cccc34)c3ccc(-c4ccccc4)cc3)cc21. The summed E-state index contributed by atoms with van der Waals surface area (Å²) >= 11 is 0. The van der Waals surface area contributed by atoms with Gasteiger partial charge in [-0.1, -0.05) is 226 Å². The molecule has 0 radical (unpaired) electrons. The molecule has 0 amide bonds. The molecule has 9 aromatic carbocycles. The first-order chi connectivity index (χ1) is 32.5. The van der Waals surface area contributed by atoms with E-state index < -0.39 is 0 Å². The van der Waals surface area contributed by atoms with Crippen LogP contribution < -0.4 is 0 Å². The van der Waals surface area contributed by atoms with Gasteiger partial charge in [0.1, 0.15) is 0 Å². The normalized spacial score (nSPS) is 13.1. The van der Waals surface area contributed by atoms with Crippen LogP contribution in [0.1, 0.15) is 47.6 Å². The Hall–Kier alpha value is -8.21. The Kier molecular flexibility index (Phi) is 9.61. The number of benzene rings is 9. The number of H-pyrrole nitrogens is 1. The van der Waals surface area contributed by atoms with Crippen molar-refractivity contribution in [3.8, 4) is 67.5 Å². The average Bonchev–Trinajstić information content (AvgIpc) is 3.88. The lowest BCUT2D eigenvalue weighted by atomic mass is 9.79. The summed E-state index contributed by atoms with van der Waals surface area (Å²) in [4.78, 5) is 19.0. The second-order valence-electron chi connectivity index (χ2n) is 18.0. The molecule has 1 atom stereocenters. The van der Waals surface area contributed by atoms with E-state index in [0.717, 1.165) is 39.8 Å². The molecule has 314 valence electrons. The van der Waals surface area contributed by atoms with Crippen LogP contribution in [0, 0.1) is 0 Å². The minimum absolute atomic E-state index is 0.0908. The van der Waals surface area contributed by atoms with Crippen LogP contribution in [0.3, 0.4) is 0 Å². The molecule has 1 aliphatic rings. The molecule has 0 saturated heterocycles. The van der Waals surface area contributed by atoms with Crippen LogP contribution in [0.2, 0.25) is 0 Å². The summed E-state index contributed by atoms with van der Waals surface area (Å²) in [6.45, 7) is 4.75. The highest BCUT2D eigenvalue weighted by Crippen LogP contribution is 2.50. The largest absolute Gasteiger partial charge is 0.354 e. The summed E-state index contributed by atoms with van der Waals surface area (Å²) in [5, 5.41) is 2.43. The van der Waals surface area contributed by atoms with E-state index in [-0.39, 0.29) is 11.3 Å². The molecule has 0 saturated carbocycles. The van der Waals surface area contributed by atoms with Gasteiger partial charge in [-0.3, -0.25) is 0 Å². The Balaban J connectivity index is 0.954. The van der Waals surface area contributed by atoms with Crippen molar-refractivity contribution in [2.75, 3.05) is 0 Å². The third-order valence-electron chi connectivity index (χ3n) is 13.7. The number of aromatic nitrogens is 4. The zero-order valence-electron chi connectivity index (χ0n) is 36.9. The van der Waals surface area contributed by atoms with Crippen LogP contribution in [-0.2, 0) is 11.8 Å². The monoisotopic (exact) mass is 846 g/mol. The molecule has 11 aromatic rings. The van der Waals surface area contributed by atoms with Crippen LogP contribution in [0.25, 0.3) is 89.4 Å². The van der Waals surface area contributed by atoms with Gasteiger partial charge in [0, 0.05) is 49.9 Å². The van der Waals surface area contributed by atoms with Crippen molar-refractivity contribution < 1.29 is 0 Å². The van der Waals surface area contributed by atoms with Crippen LogP contribution in [0.4, 0.5) is 0 Å². The molecule has 0 bridgehead atoms. The molecule has 0 spiro atoms. The van der Waals surface area contributed by atoms with Gasteiger partial charge >= 0.3 is 0 Å². The second-order valence-corrected chi connectivity index (χ2v) is 18.0. The lowest BCUT2D eigenvalue weighted by Gasteiger charge is -2.24. The highest BCUT2D eigenvalue weighted by atomic mass is 15.0. The van der Waals surface area contributed by atoms with Crippen molar-refractivity contribution in [2.24, 2.45) is 0 Å². The van der Waals surface area contributed by atoms with E-state index in [9.17, 15) is 0 Å². The predicted molar refractivity (Wildman–Crippen MR) is 272 cm³/mol. The molecule has 0 aliphatic heterocycles. The molecule has 1 aliphatic carbocycles. The van der Waals surface area contributed by atoms with E-state index in [0.29, 0.717) is 17.5 Å². The standard InChI is InChI=1S/C62H46N4/c1-62(2)55-30-13-12-26-50(55)51-36-35-46(39-56(51)62)54(42-33-31-41(32-34-42)40-17-6-3-7-18-40)38-47-24-15-28-52-53-29-16-27-49(58(53)63-57(47)52)45-23-14-25-48(37-45)61-65-59(43-19-8-4-9-20-43)64-60(66-61)44-21-10-5-11-22-44/h3-37,39,54,63H,38H2,1-2H3. The molecular formula is C62H46N4. The summed E-state index contributed by atoms with van der Waals surface area (Å²) in [5.41, 5.74) is 19.1. The van der Waals surface area contributed by atoms with Gasteiger partial charge < -0.3 is 4.98 Å². The Bertz CT molecular complexity index is 3510. The third-order valence-corrected chi connectivity index (χ3v) is 13.7. The van der Waals surface area contributed by atoms with Gasteiger partial charge in [-0.15, -0.1) is 0 Å². The fraction of sp³-hybridized carbons (Fsp3) is 0.0806. The zero-order valence-corrected chi connectivity index (χ0v) is 36.9. The fourth-order valence-electron chi connectivity index (χ4n) is 10.3. The van der Waals surface area contributed by atoms with Crippen molar-refractivity contribution in [1.82, 2.24) is 19.9 Å². The van der Waals surface area contributed by atoms with Crippen LogP contribution in [0.5, 0.6) is 0 Å². The van der Waals surface area contributed by atoms with Crippen molar-refractivity contribution in [2.45, 2.75) is 31.6 Å². The van der Waals surface area contributed by atoms with E-state index in [1.54, 1.807) is 0 Å². The molecule has 4 heteroatoms. The molecule has 2 aromatic heterocycles. The average molecular weight is 847 g/mol. The first kappa shape index (κ1) is 39.4. The highest BCUT2D eigenvalue weighted by molar-refractivity contribution is 6.12. The van der Waals surface area contributed by atoms with Gasteiger partial charge in [-0.2, -0.15) is 0 Å². The van der Waals surface area contributed by atoms with Gasteiger partial charge in [0.25, 0.3) is 0 Å². The van der Waals surface area contributed by atoms with Crippen LogP contribution >= 0.6 is 0 Å². The number of nitrogens with zero attached hydrogens (tertiary/aromatic N) is 3. The molecule has 1 unspecified atom stereocenters. The first-order valence-corrected chi connectivity index (χ1v) is 22.9. The van der Waals surface area contributed by atoms with E-state index in [2.05, 4.69) is 177 Å². The van der Waals surface area contributed by atoms with E-state index in [4.69, 9.17) is 15.0 Å². The van der Waals surface area contributed by atoms with Gasteiger partial charge in [0.15, 0.2) is 17.5 Å². The molecule has 2 heterocycles. The Morgan fingerprint density at radius 1 is 0.379 bits per heavy atom. The van der Waals surface area contributed by atoms with Gasteiger partial charge in [0.2, 0.25) is 0 Å². The minimum atomic E-state index is -0.0908. The molecule has 1 N–H and O–H groups in total. The van der Waals surface area contributed by atoms with Crippen molar-refractivity contribution in [3.63, 3.8) is 0 Å². The van der Waals surface area contributed by atoms with E-state index in [1.807, 2.05) is 60.7 Å². The molecular weight excluding hydrogens is 801 g/mol. The summed E-state index contributed by atoms with van der Waals surface area (Å²) in [6.07, 6.45) is 0.832. The Labute approximate surface area is 385 Å². The minimum Gasteiger partial charge on any atom is -0.354 e. The lowest BCUT2D eigenvalue weighted by Crippen LogP contribution is -2.16. The molecule has 66 heavy (non-hydrogen) atoms.